The summed E-state index contributed by atoms with van der Waals surface area (Å²) < 4.78 is 0. The number of aldehydes is 1. The topological polar surface area (TPSA) is 17.1 Å². The van der Waals surface area contributed by atoms with Crippen LogP contribution in [-0.4, -0.2) is 6.29 Å². The molecule has 0 saturated heterocycles. The lowest BCUT2D eigenvalue weighted by Crippen LogP contribution is -1.88. The van der Waals surface area contributed by atoms with Crippen molar-refractivity contribution in [3.63, 3.8) is 0 Å². The molecule has 2 rings (SSSR count). The maximum absolute atomic E-state index is 10.2. The monoisotopic (exact) mass is 212 g/mol. The molecule has 0 aliphatic heterocycles. The highest BCUT2D eigenvalue weighted by Crippen LogP contribution is 2.29. The molecule has 0 bridgehead atoms. The molecule has 1 heteroatoms. The Morgan fingerprint density at radius 1 is 1.00 bits per heavy atom. The minimum absolute atomic E-state index is 0.819. The minimum Gasteiger partial charge on any atom is -0.299 e. The fourth-order valence-electron chi connectivity index (χ4n) is 2.21. The predicted molar refractivity (Wildman–Crippen MR) is 67.2 cm³/mol. The number of rotatable bonds is 2. The summed E-state index contributed by atoms with van der Waals surface area (Å²) in [6, 6.07) is 8.57. The largest absolute Gasteiger partial charge is 0.299 e. The molecule has 0 radical (unpaired) electrons. The lowest BCUT2D eigenvalue weighted by molar-refractivity contribution is -0.104. The SMILES string of the molecule is O=C/C=C\C=C1CCCCc2ccccc21. The third-order valence-corrected chi connectivity index (χ3v) is 2.99. The Kier molecular flexibility index (Phi) is 3.71. The van der Waals surface area contributed by atoms with Crippen molar-refractivity contribution in [2.45, 2.75) is 25.7 Å². The molecule has 0 atom stereocenters. The first kappa shape index (κ1) is 10.9. The third kappa shape index (κ3) is 2.48. The van der Waals surface area contributed by atoms with Crippen LogP contribution in [0.2, 0.25) is 0 Å². The molecule has 0 saturated carbocycles. The number of carbonyl (C=O) groups excluding carboxylic acids is 1. The van der Waals surface area contributed by atoms with Gasteiger partial charge in [0.25, 0.3) is 0 Å². The minimum atomic E-state index is 0.819. The zero-order valence-electron chi connectivity index (χ0n) is 9.36. The van der Waals surface area contributed by atoms with Crippen LogP contribution in [0.15, 0.2) is 42.5 Å². The second-order valence-corrected chi connectivity index (χ2v) is 4.08. The number of benzene rings is 1. The van der Waals surface area contributed by atoms with Gasteiger partial charge in [0.1, 0.15) is 6.29 Å². The van der Waals surface area contributed by atoms with Crippen LogP contribution < -0.4 is 0 Å². The van der Waals surface area contributed by atoms with Gasteiger partial charge in [0.05, 0.1) is 0 Å². The molecule has 82 valence electrons. The summed E-state index contributed by atoms with van der Waals surface area (Å²) in [6.07, 6.45) is 11.0. The van der Waals surface area contributed by atoms with Crippen molar-refractivity contribution in [3.8, 4) is 0 Å². The van der Waals surface area contributed by atoms with E-state index in [1.807, 2.05) is 6.08 Å². The molecule has 0 aromatic heterocycles. The molecule has 1 aromatic rings. The van der Waals surface area contributed by atoms with E-state index in [0.717, 1.165) is 12.7 Å². The van der Waals surface area contributed by atoms with Gasteiger partial charge in [-0.05, 0) is 48.5 Å². The van der Waals surface area contributed by atoms with E-state index in [4.69, 9.17) is 0 Å². The first-order valence-electron chi connectivity index (χ1n) is 5.81. The summed E-state index contributed by atoms with van der Waals surface area (Å²) >= 11 is 0. The molecule has 0 amide bonds. The Morgan fingerprint density at radius 3 is 2.69 bits per heavy atom. The fourth-order valence-corrected chi connectivity index (χ4v) is 2.21. The van der Waals surface area contributed by atoms with Crippen molar-refractivity contribution in [2.75, 3.05) is 0 Å². The quantitative estimate of drug-likeness (QED) is 0.416. The molecule has 1 aromatic carbocycles. The van der Waals surface area contributed by atoms with E-state index in [-0.39, 0.29) is 0 Å². The average Bonchev–Trinajstić information content (AvgIpc) is 2.52. The van der Waals surface area contributed by atoms with Crippen LogP contribution in [0.4, 0.5) is 0 Å². The van der Waals surface area contributed by atoms with Crippen LogP contribution in [-0.2, 0) is 11.2 Å². The van der Waals surface area contributed by atoms with Crippen LogP contribution >= 0.6 is 0 Å². The Morgan fingerprint density at radius 2 is 1.81 bits per heavy atom. The van der Waals surface area contributed by atoms with E-state index in [2.05, 4.69) is 30.3 Å². The molecule has 0 unspecified atom stereocenters. The second kappa shape index (κ2) is 5.45. The maximum Gasteiger partial charge on any atom is 0.142 e. The van der Waals surface area contributed by atoms with Gasteiger partial charge in [-0.2, -0.15) is 0 Å². The van der Waals surface area contributed by atoms with E-state index in [1.165, 1.54) is 36.0 Å². The van der Waals surface area contributed by atoms with Crippen LogP contribution in [0.5, 0.6) is 0 Å². The van der Waals surface area contributed by atoms with Gasteiger partial charge in [0, 0.05) is 0 Å². The smallest absolute Gasteiger partial charge is 0.142 e. The molecular weight excluding hydrogens is 196 g/mol. The van der Waals surface area contributed by atoms with Crippen molar-refractivity contribution in [1.82, 2.24) is 0 Å². The molecular formula is C15H16O. The Balaban J connectivity index is 2.35. The summed E-state index contributed by atoms with van der Waals surface area (Å²) in [4.78, 5) is 10.2. The molecule has 1 aliphatic carbocycles. The van der Waals surface area contributed by atoms with Gasteiger partial charge in [-0.15, -0.1) is 0 Å². The van der Waals surface area contributed by atoms with E-state index in [9.17, 15) is 4.79 Å². The summed E-state index contributed by atoms with van der Waals surface area (Å²) in [7, 11) is 0. The van der Waals surface area contributed by atoms with E-state index >= 15 is 0 Å². The van der Waals surface area contributed by atoms with Gasteiger partial charge in [0.15, 0.2) is 0 Å². The molecule has 0 fully saturated rings. The van der Waals surface area contributed by atoms with Gasteiger partial charge >= 0.3 is 0 Å². The van der Waals surface area contributed by atoms with Crippen molar-refractivity contribution in [2.24, 2.45) is 0 Å². The highest BCUT2D eigenvalue weighted by molar-refractivity contribution is 5.72. The lowest BCUT2D eigenvalue weighted by atomic mass is 9.98. The van der Waals surface area contributed by atoms with Crippen LogP contribution in [0.25, 0.3) is 5.57 Å². The van der Waals surface area contributed by atoms with Crippen molar-refractivity contribution < 1.29 is 4.79 Å². The Hall–Kier alpha value is -1.63. The molecule has 1 aliphatic rings. The summed E-state index contributed by atoms with van der Waals surface area (Å²) in [5.74, 6) is 0. The average molecular weight is 212 g/mol. The van der Waals surface area contributed by atoms with E-state index < -0.39 is 0 Å². The number of fused-ring (bicyclic) bond motifs is 1. The van der Waals surface area contributed by atoms with Gasteiger partial charge < -0.3 is 0 Å². The van der Waals surface area contributed by atoms with E-state index in [1.54, 1.807) is 6.08 Å². The lowest BCUT2D eigenvalue weighted by Gasteiger charge is -2.07. The highest BCUT2D eigenvalue weighted by Gasteiger charge is 2.10. The number of hydrogen-bond donors (Lipinski definition) is 0. The Bertz CT molecular complexity index is 427. The zero-order valence-corrected chi connectivity index (χ0v) is 9.36. The van der Waals surface area contributed by atoms with Gasteiger partial charge in [-0.1, -0.05) is 36.4 Å². The fraction of sp³-hybridized carbons (Fsp3) is 0.267. The normalized spacial score (nSPS) is 18.4. The first-order valence-corrected chi connectivity index (χ1v) is 5.81. The number of aryl methyl sites for hydroxylation is 1. The maximum atomic E-state index is 10.2. The Labute approximate surface area is 96.5 Å². The van der Waals surface area contributed by atoms with Crippen LogP contribution in [0, 0.1) is 0 Å². The van der Waals surface area contributed by atoms with Gasteiger partial charge in [-0.3, -0.25) is 4.79 Å². The second-order valence-electron chi connectivity index (χ2n) is 4.08. The third-order valence-electron chi connectivity index (χ3n) is 2.99. The van der Waals surface area contributed by atoms with Crippen LogP contribution in [0.3, 0.4) is 0 Å². The van der Waals surface area contributed by atoms with E-state index in [0.29, 0.717) is 0 Å². The first-order chi connectivity index (χ1) is 7.92. The van der Waals surface area contributed by atoms with Crippen molar-refractivity contribution in [1.29, 1.82) is 0 Å². The summed E-state index contributed by atoms with van der Waals surface area (Å²) in [6.45, 7) is 0. The number of allylic oxidation sites excluding steroid dienone is 4. The number of carbonyl (C=O) groups is 1. The standard InChI is InChI=1S/C15H16O/c16-12-6-5-10-14-8-2-1-7-13-9-3-4-11-15(13)14/h3-6,9-12H,1-2,7-8H2/b6-5-,14-10?. The van der Waals surface area contributed by atoms with Crippen molar-refractivity contribution >= 4 is 11.9 Å². The summed E-state index contributed by atoms with van der Waals surface area (Å²) in [5, 5.41) is 0. The van der Waals surface area contributed by atoms with Gasteiger partial charge in [-0.25, -0.2) is 0 Å². The highest BCUT2D eigenvalue weighted by atomic mass is 16.1. The molecule has 16 heavy (non-hydrogen) atoms. The van der Waals surface area contributed by atoms with Gasteiger partial charge in [0.2, 0.25) is 0 Å². The van der Waals surface area contributed by atoms with Crippen molar-refractivity contribution in [3.05, 3.63) is 53.6 Å². The zero-order chi connectivity index (χ0) is 11.2. The molecule has 0 N–H and O–H groups in total. The van der Waals surface area contributed by atoms with Crippen LogP contribution in [0.1, 0.15) is 30.4 Å². The number of hydrogen-bond acceptors (Lipinski definition) is 1. The summed E-state index contributed by atoms with van der Waals surface area (Å²) in [5.41, 5.74) is 4.15. The molecule has 1 nitrogen and oxygen atoms in total. The molecule has 0 heterocycles. The predicted octanol–water partition coefficient (Wildman–Crippen LogP) is 3.55. The molecule has 0 spiro atoms.